The smallest absolute Gasteiger partial charge is 0.272 e. The van der Waals surface area contributed by atoms with Crippen molar-refractivity contribution in [1.29, 1.82) is 0 Å². The number of hydrogen-bond donors (Lipinski definition) is 2. The Morgan fingerprint density at radius 3 is 2.80 bits per heavy atom. The molecule has 1 aromatic heterocycles. The second-order valence-electron chi connectivity index (χ2n) is 6.18. The van der Waals surface area contributed by atoms with Gasteiger partial charge in [-0.2, -0.15) is 5.10 Å². The van der Waals surface area contributed by atoms with Crippen molar-refractivity contribution in [1.82, 2.24) is 10.4 Å². The van der Waals surface area contributed by atoms with Crippen molar-refractivity contribution in [2.24, 2.45) is 5.10 Å². The summed E-state index contributed by atoms with van der Waals surface area (Å²) >= 11 is 0. The van der Waals surface area contributed by atoms with E-state index in [0.717, 1.165) is 29.4 Å². The molecule has 25 heavy (non-hydrogen) atoms. The Hall–Kier alpha value is -3.21. The maximum atomic E-state index is 12.6. The molecule has 1 aliphatic rings. The van der Waals surface area contributed by atoms with Gasteiger partial charge in [-0.05, 0) is 42.7 Å². The van der Waals surface area contributed by atoms with Gasteiger partial charge in [0.05, 0.1) is 17.3 Å². The predicted molar refractivity (Wildman–Crippen MR) is 96.9 cm³/mol. The molecule has 0 radical (unpaired) electrons. The van der Waals surface area contributed by atoms with Crippen LogP contribution in [0.1, 0.15) is 40.4 Å². The summed E-state index contributed by atoms with van der Waals surface area (Å²) in [5, 5.41) is 14.3. The molecule has 1 aliphatic carbocycles. The van der Waals surface area contributed by atoms with Crippen LogP contribution in [0.15, 0.2) is 59.7 Å². The largest absolute Gasteiger partial charge is 0.508 e. The molecule has 0 saturated heterocycles. The van der Waals surface area contributed by atoms with Crippen LogP contribution in [0.25, 0.3) is 10.9 Å². The topological polar surface area (TPSA) is 74.6 Å². The molecule has 0 bridgehead atoms. The number of carbonyl (C=O) groups excluding carboxylic acids is 1. The number of fused-ring (bicyclic) bond motifs is 1. The van der Waals surface area contributed by atoms with Crippen molar-refractivity contribution in [3.8, 4) is 5.75 Å². The standard InChI is InChI=1S/C20H17N3O2/c24-15-5-3-4-13(10-15)12-21-23-20(25)17-11-19(14-8-9-14)22-18-7-2-1-6-16(17)18/h1-7,10-12,14,24H,8-9H2,(H,23,25)/b21-12-. The number of carbonyl (C=O) groups is 1. The van der Waals surface area contributed by atoms with Gasteiger partial charge in [0.2, 0.25) is 0 Å². The number of pyridine rings is 1. The summed E-state index contributed by atoms with van der Waals surface area (Å²) < 4.78 is 0. The van der Waals surface area contributed by atoms with Crippen LogP contribution in [0, 0.1) is 0 Å². The highest BCUT2D eigenvalue weighted by Gasteiger charge is 2.26. The number of aromatic nitrogens is 1. The van der Waals surface area contributed by atoms with Crippen LogP contribution in [0.3, 0.4) is 0 Å². The van der Waals surface area contributed by atoms with Gasteiger partial charge >= 0.3 is 0 Å². The van der Waals surface area contributed by atoms with E-state index in [1.807, 2.05) is 30.3 Å². The van der Waals surface area contributed by atoms with Crippen molar-refractivity contribution in [2.75, 3.05) is 0 Å². The van der Waals surface area contributed by atoms with Gasteiger partial charge in [0.25, 0.3) is 5.91 Å². The fourth-order valence-corrected chi connectivity index (χ4v) is 2.80. The van der Waals surface area contributed by atoms with Crippen LogP contribution in [0.4, 0.5) is 0 Å². The number of benzene rings is 2. The van der Waals surface area contributed by atoms with Gasteiger partial charge < -0.3 is 5.11 Å². The summed E-state index contributed by atoms with van der Waals surface area (Å²) in [6.45, 7) is 0. The number of hydrogen-bond acceptors (Lipinski definition) is 4. The molecule has 0 unspecified atom stereocenters. The quantitative estimate of drug-likeness (QED) is 0.567. The first-order valence-corrected chi connectivity index (χ1v) is 8.23. The Labute approximate surface area is 145 Å². The number of hydrazone groups is 1. The molecule has 3 aromatic rings. The van der Waals surface area contributed by atoms with E-state index in [4.69, 9.17) is 0 Å². The number of nitrogens with zero attached hydrogens (tertiary/aromatic N) is 2. The van der Waals surface area contributed by atoms with Gasteiger partial charge in [0.1, 0.15) is 5.75 Å². The van der Waals surface area contributed by atoms with Crippen molar-refractivity contribution in [2.45, 2.75) is 18.8 Å². The molecule has 1 fully saturated rings. The molecular formula is C20H17N3O2. The van der Waals surface area contributed by atoms with Gasteiger partial charge in [-0.1, -0.05) is 30.3 Å². The van der Waals surface area contributed by atoms with Crippen LogP contribution < -0.4 is 5.43 Å². The van der Waals surface area contributed by atoms with Gasteiger partial charge in [-0.15, -0.1) is 0 Å². The average molecular weight is 331 g/mol. The highest BCUT2D eigenvalue weighted by atomic mass is 16.3. The van der Waals surface area contributed by atoms with Crippen LogP contribution in [0.2, 0.25) is 0 Å². The first-order chi connectivity index (χ1) is 12.2. The number of phenols is 1. The average Bonchev–Trinajstić information content (AvgIpc) is 3.46. The van der Waals surface area contributed by atoms with Crippen molar-refractivity contribution in [3.05, 3.63) is 71.4 Å². The van der Waals surface area contributed by atoms with Crippen LogP contribution in [-0.4, -0.2) is 22.2 Å². The Balaban J connectivity index is 1.61. The molecule has 124 valence electrons. The van der Waals surface area contributed by atoms with E-state index in [9.17, 15) is 9.90 Å². The Morgan fingerprint density at radius 2 is 2.00 bits per heavy atom. The monoisotopic (exact) mass is 331 g/mol. The second kappa shape index (κ2) is 6.36. The van der Waals surface area contributed by atoms with Crippen LogP contribution in [0.5, 0.6) is 5.75 Å². The molecule has 2 N–H and O–H groups in total. The van der Waals surface area contributed by atoms with Gasteiger partial charge in [-0.3, -0.25) is 9.78 Å². The van der Waals surface area contributed by atoms with E-state index in [1.165, 1.54) is 6.21 Å². The highest BCUT2D eigenvalue weighted by molar-refractivity contribution is 6.06. The second-order valence-corrected chi connectivity index (χ2v) is 6.18. The van der Waals surface area contributed by atoms with E-state index in [0.29, 0.717) is 17.0 Å². The number of aromatic hydroxyl groups is 1. The molecule has 2 aromatic carbocycles. The number of nitrogens with one attached hydrogen (secondary N) is 1. The molecule has 1 saturated carbocycles. The summed E-state index contributed by atoms with van der Waals surface area (Å²) in [5.41, 5.74) is 5.66. The van der Waals surface area contributed by atoms with Crippen LogP contribution in [-0.2, 0) is 0 Å². The summed E-state index contributed by atoms with van der Waals surface area (Å²) in [6.07, 6.45) is 3.76. The minimum absolute atomic E-state index is 0.157. The lowest BCUT2D eigenvalue weighted by atomic mass is 10.1. The van der Waals surface area contributed by atoms with E-state index in [-0.39, 0.29) is 11.7 Å². The molecule has 1 heterocycles. The highest BCUT2D eigenvalue weighted by Crippen LogP contribution is 2.40. The number of para-hydroxylation sites is 1. The number of amides is 1. The van der Waals surface area contributed by atoms with E-state index >= 15 is 0 Å². The molecular weight excluding hydrogens is 314 g/mol. The number of phenolic OH excluding ortho intramolecular Hbond substituents is 1. The minimum Gasteiger partial charge on any atom is -0.508 e. The summed E-state index contributed by atoms with van der Waals surface area (Å²) in [6, 6.07) is 16.2. The first-order valence-electron chi connectivity index (χ1n) is 8.23. The zero-order valence-corrected chi connectivity index (χ0v) is 13.5. The van der Waals surface area contributed by atoms with Crippen molar-refractivity contribution in [3.63, 3.8) is 0 Å². The lowest BCUT2D eigenvalue weighted by Gasteiger charge is -2.08. The molecule has 0 aliphatic heterocycles. The zero-order valence-electron chi connectivity index (χ0n) is 13.5. The fraction of sp³-hybridized carbons (Fsp3) is 0.150. The Morgan fingerprint density at radius 1 is 1.16 bits per heavy atom. The third-order valence-electron chi connectivity index (χ3n) is 4.23. The third kappa shape index (κ3) is 3.35. The van der Waals surface area contributed by atoms with Crippen molar-refractivity contribution >= 4 is 23.0 Å². The fourth-order valence-electron chi connectivity index (χ4n) is 2.80. The molecule has 5 nitrogen and oxygen atoms in total. The number of rotatable bonds is 4. The van der Waals surface area contributed by atoms with E-state index in [2.05, 4.69) is 15.5 Å². The van der Waals surface area contributed by atoms with Crippen molar-refractivity contribution < 1.29 is 9.90 Å². The van der Waals surface area contributed by atoms with E-state index < -0.39 is 0 Å². The van der Waals surface area contributed by atoms with Crippen LogP contribution >= 0.6 is 0 Å². The molecule has 1 amide bonds. The molecule has 0 spiro atoms. The minimum atomic E-state index is -0.267. The summed E-state index contributed by atoms with van der Waals surface area (Å²) in [7, 11) is 0. The lowest BCUT2D eigenvalue weighted by molar-refractivity contribution is 0.0956. The normalized spacial score (nSPS) is 14.1. The Kier molecular flexibility index (Phi) is 3.90. The lowest BCUT2D eigenvalue weighted by Crippen LogP contribution is -2.18. The SMILES string of the molecule is O=C(N/N=C\c1cccc(O)c1)c1cc(C2CC2)nc2ccccc12. The summed E-state index contributed by atoms with van der Waals surface area (Å²) in [4.78, 5) is 17.3. The summed E-state index contributed by atoms with van der Waals surface area (Å²) in [5.74, 6) is 0.355. The molecule has 4 rings (SSSR count). The predicted octanol–water partition coefficient (Wildman–Crippen LogP) is 3.58. The third-order valence-corrected chi connectivity index (χ3v) is 4.23. The Bertz CT molecular complexity index is 978. The maximum absolute atomic E-state index is 12.6. The molecule has 0 atom stereocenters. The first kappa shape index (κ1) is 15.3. The molecule has 5 heteroatoms. The van der Waals surface area contributed by atoms with E-state index in [1.54, 1.807) is 24.3 Å². The van der Waals surface area contributed by atoms with Gasteiger partial charge in [-0.25, -0.2) is 5.43 Å². The van der Waals surface area contributed by atoms with Gasteiger partial charge in [0.15, 0.2) is 0 Å². The van der Waals surface area contributed by atoms with Gasteiger partial charge in [0, 0.05) is 17.0 Å². The zero-order chi connectivity index (χ0) is 17.2. The maximum Gasteiger partial charge on any atom is 0.272 e.